The first-order valence-corrected chi connectivity index (χ1v) is 21.0. The summed E-state index contributed by atoms with van der Waals surface area (Å²) in [7, 11) is 0. The number of fused-ring (bicyclic) bond motifs is 7. The molecule has 12 rings (SSSR count). The van der Waals surface area contributed by atoms with E-state index in [2.05, 4.69) is 209 Å². The van der Waals surface area contributed by atoms with E-state index in [4.69, 9.17) is 15.0 Å². The number of hydrogen-bond acceptors (Lipinski definition) is 3. The fourth-order valence-corrected chi connectivity index (χ4v) is 9.28. The molecule has 0 spiro atoms. The average Bonchev–Trinajstić information content (AvgIpc) is 3.88. The summed E-state index contributed by atoms with van der Waals surface area (Å²) in [4.78, 5) is 16.1. The molecule has 12 aromatic rings. The van der Waals surface area contributed by atoms with Crippen molar-refractivity contribution < 1.29 is 0 Å². The Hall–Kier alpha value is -8.41. The number of benzene rings is 9. The largest absolute Gasteiger partial charge is 0.307 e. The molecule has 0 atom stereocenters. The Balaban J connectivity index is 1.28. The van der Waals surface area contributed by atoms with E-state index in [9.17, 15) is 0 Å². The van der Waals surface area contributed by atoms with Gasteiger partial charge in [-0.15, -0.1) is 0 Å². The normalized spacial score (nSPS) is 11.5. The third kappa shape index (κ3) is 5.75. The Kier molecular flexibility index (Phi) is 8.42. The van der Waals surface area contributed by atoms with Crippen molar-refractivity contribution in [2.75, 3.05) is 0 Å². The van der Waals surface area contributed by atoms with E-state index < -0.39 is 0 Å². The molecule has 0 aliphatic rings. The second-order valence-electron chi connectivity index (χ2n) is 15.6. The highest BCUT2D eigenvalue weighted by atomic mass is 15.2. The molecule has 0 aliphatic heterocycles. The number of nitrogens with zero attached hydrogens (tertiary/aromatic N) is 5. The van der Waals surface area contributed by atoms with Crippen LogP contribution in [0.4, 0.5) is 0 Å². The van der Waals surface area contributed by atoms with Crippen molar-refractivity contribution in [1.82, 2.24) is 24.1 Å². The van der Waals surface area contributed by atoms with Crippen molar-refractivity contribution in [2.45, 2.75) is 0 Å². The first-order chi connectivity index (χ1) is 30.8. The lowest BCUT2D eigenvalue weighted by molar-refractivity contribution is 0.953. The van der Waals surface area contributed by atoms with Crippen LogP contribution < -0.4 is 0 Å². The van der Waals surface area contributed by atoms with E-state index in [-0.39, 0.29) is 0 Å². The van der Waals surface area contributed by atoms with Crippen LogP contribution >= 0.6 is 0 Å². The van der Waals surface area contributed by atoms with Crippen LogP contribution in [-0.4, -0.2) is 24.1 Å². The molecule has 3 heterocycles. The number of para-hydroxylation sites is 3. The summed E-state index contributed by atoms with van der Waals surface area (Å²) >= 11 is 0. The first-order valence-electron chi connectivity index (χ1n) is 21.0. The lowest BCUT2D eigenvalue weighted by atomic mass is 9.87. The minimum absolute atomic E-state index is 0.546. The Labute approximate surface area is 358 Å². The van der Waals surface area contributed by atoms with Gasteiger partial charge in [0, 0.05) is 49.5 Å². The van der Waals surface area contributed by atoms with Crippen LogP contribution in [0.2, 0.25) is 0 Å². The maximum atomic E-state index is 5.45. The maximum Gasteiger partial charge on any atom is 0.238 e. The molecule has 0 aliphatic carbocycles. The minimum atomic E-state index is 0.546. The van der Waals surface area contributed by atoms with Gasteiger partial charge >= 0.3 is 0 Å². The first kappa shape index (κ1) is 35.5. The van der Waals surface area contributed by atoms with Crippen molar-refractivity contribution in [1.29, 1.82) is 0 Å². The van der Waals surface area contributed by atoms with E-state index in [1.54, 1.807) is 0 Å². The molecule has 5 nitrogen and oxygen atoms in total. The summed E-state index contributed by atoms with van der Waals surface area (Å²) in [5, 5.41) is 4.58. The molecule has 0 N–H and O–H groups in total. The van der Waals surface area contributed by atoms with Gasteiger partial charge in [-0.3, -0.25) is 4.57 Å². The second-order valence-corrected chi connectivity index (χ2v) is 15.6. The third-order valence-electron chi connectivity index (χ3n) is 12.0. The predicted molar refractivity (Wildman–Crippen MR) is 256 cm³/mol. The SMILES string of the molecule is c1ccc(-c2ccc(-c3nc(-c4ccccc4)nc(-n4c5ccccc5c5c(-c6ccccc6)c(-c6ccccc6)c6c7ccccc7n(-c7ccccc7)c6c54)n3)cc2)cc1. The van der Waals surface area contributed by atoms with Gasteiger partial charge in [0.2, 0.25) is 5.95 Å². The van der Waals surface area contributed by atoms with Gasteiger partial charge < -0.3 is 4.57 Å². The molecule has 0 radical (unpaired) electrons. The molecule has 0 saturated carbocycles. The molecule has 290 valence electrons. The molecule has 0 fully saturated rings. The van der Waals surface area contributed by atoms with E-state index >= 15 is 0 Å². The zero-order chi connectivity index (χ0) is 41.0. The quantitative estimate of drug-likeness (QED) is 0.162. The summed E-state index contributed by atoms with van der Waals surface area (Å²) in [6.07, 6.45) is 0. The zero-order valence-electron chi connectivity index (χ0n) is 33.6. The van der Waals surface area contributed by atoms with Gasteiger partial charge in [-0.05, 0) is 46.5 Å². The summed E-state index contributed by atoms with van der Waals surface area (Å²) in [6.45, 7) is 0. The topological polar surface area (TPSA) is 48.5 Å². The van der Waals surface area contributed by atoms with Crippen LogP contribution in [0, 0.1) is 0 Å². The minimum Gasteiger partial charge on any atom is -0.307 e. The molecule has 5 heteroatoms. The molecule has 3 aromatic heterocycles. The van der Waals surface area contributed by atoms with Crippen LogP contribution in [0.15, 0.2) is 224 Å². The van der Waals surface area contributed by atoms with Gasteiger partial charge in [0.15, 0.2) is 11.6 Å². The average molecular weight is 792 g/mol. The summed E-state index contributed by atoms with van der Waals surface area (Å²) in [5.41, 5.74) is 14.1. The van der Waals surface area contributed by atoms with Crippen molar-refractivity contribution in [3.8, 4) is 67.8 Å². The van der Waals surface area contributed by atoms with Crippen molar-refractivity contribution >= 4 is 43.6 Å². The maximum absolute atomic E-state index is 5.45. The van der Waals surface area contributed by atoms with E-state index in [0.717, 1.165) is 71.9 Å². The molecule has 0 saturated heterocycles. The number of aromatic nitrogens is 5. The lowest BCUT2D eigenvalue weighted by Crippen LogP contribution is -2.07. The molecular formula is C57H37N5. The molecular weight excluding hydrogens is 755 g/mol. The van der Waals surface area contributed by atoms with Gasteiger partial charge in [0.25, 0.3) is 0 Å². The zero-order valence-corrected chi connectivity index (χ0v) is 33.6. The van der Waals surface area contributed by atoms with Gasteiger partial charge in [-0.2, -0.15) is 9.97 Å². The van der Waals surface area contributed by atoms with Gasteiger partial charge in [0.1, 0.15) is 0 Å². The Morgan fingerprint density at radius 3 is 1.15 bits per heavy atom. The van der Waals surface area contributed by atoms with Crippen LogP contribution in [0.1, 0.15) is 0 Å². The standard InChI is InChI=1S/C57H37N5/c1-6-20-38(21-7-1)39-34-36-43(37-35-39)56-58-55(42-26-12-4-13-27-42)59-57(60-56)62-48-33-19-17-31-46(48)52-50(41-24-10-3-11-25-41)49(40-22-8-2-9-23-40)51-45-30-16-18-32-47(45)61(53(51)54(52)62)44-28-14-5-15-29-44/h1-37H. The highest BCUT2D eigenvalue weighted by molar-refractivity contribution is 6.33. The van der Waals surface area contributed by atoms with E-state index in [1.165, 1.54) is 21.9 Å². The summed E-state index contributed by atoms with van der Waals surface area (Å²) < 4.78 is 4.73. The van der Waals surface area contributed by atoms with Crippen LogP contribution in [0.5, 0.6) is 0 Å². The van der Waals surface area contributed by atoms with Crippen LogP contribution in [-0.2, 0) is 0 Å². The van der Waals surface area contributed by atoms with Crippen LogP contribution in [0.25, 0.3) is 111 Å². The highest BCUT2D eigenvalue weighted by Crippen LogP contribution is 2.52. The number of hydrogen-bond donors (Lipinski definition) is 0. The predicted octanol–water partition coefficient (Wildman–Crippen LogP) is 14.4. The van der Waals surface area contributed by atoms with E-state index in [1.807, 2.05) is 24.3 Å². The van der Waals surface area contributed by atoms with Crippen molar-refractivity contribution in [3.05, 3.63) is 224 Å². The second kappa shape index (κ2) is 14.7. The smallest absolute Gasteiger partial charge is 0.238 e. The Morgan fingerprint density at radius 2 is 0.629 bits per heavy atom. The van der Waals surface area contributed by atoms with E-state index in [0.29, 0.717) is 17.6 Å². The van der Waals surface area contributed by atoms with Gasteiger partial charge in [0.05, 0.1) is 22.1 Å². The third-order valence-corrected chi connectivity index (χ3v) is 12.0. The van der Waals surface area contributed by atoms with Gasteiger partial charge in [-0.1, -0.05) is 200 Å². The van der Waals surface area contributed by atoms with Gasteiger partial charge in [-0.25, -0.2) is 4.98 Å². The van der Waals surface area contributed by atoms with Crippen LogP contribution in [0.3, 0.4) is 0 Å². The summed E-state index contributed by atoms with van der Waals surface area (Å²) in [6, 6.07) is 79.2. The Morgan fingerprint density at radius 1 is 0.274 bits per heavy atom. The molecule has 62 heavy (non-hydrogen) atoms. The monoisotopic (exact) mass is 791 g/mol. The molecule has 9 aromatic carbocycles. The molecule has 0 amide bonds. The van der Waals surface area contributed by atoms with Crippen molar-refractivity contribution in [3.63, 3.8) is 0 Å². The fraction of sp³-hybridized carbons (Fsp3) is 0. The summed E-state index contributed by atoms with van der Waals surface area (Å²) in [5.74, 6) is 1.75. The fourth-order valence-electron chi connectivity index (χ4n) is 9.28. The molecule has 0 unspecified atom stereocenters. The lowest BCUT2D eigenvalue weighted by Gasteiger charge is -2.18. The molecule has 0 bridgehead atoms. The van der Waals surface area contributed by atoms with Crippen molar-refractivity contribution in [2.24, 2.45) is 0 Å². The number of rotatable bonds is 7. The Bertz CT molecular complexity index is 3580. The highest BCUT2D eigenvalue weighted by Gasteiger charge is 2.29.